The van der Waals surface area contributed by atoms with Crippen LogP contribution in [0.15, 0.2) is 23.1 Å². The van der Waals surface area contributed by atoms with Gasteiger partial charge in [0.1, 0.15) is 29.2 Å². The second-order valence-electron chi connectivity index (χ2n) is 9.94. The van der Waals surface area contributed by atoms with Gasteiger partial charge >= 0.3 is 6.09 Å². The van der Waals surface area contributed by atoms with Crippen LogP contribution in [-0.2, 0) is 14.3 Å². The maximum atomic E-state index is 13.2. The zero-order chi connectivity index (χ0) is 24.2. The molecule has 1 heterocycles. The number of pyridine rings is 1. The zero-order valence-electron chi connectivity index (χ0n) is 19.4. The lowest BCUT2D eigenvalue weighted by Gasteiger charge is -2.23. The molecule has 9 nitrogen and oxygen atoms in total. The number of anilines is 1. The Bertz CT molecular complexity index is 999. The molecule has 33 heavy (non-hydrogen) atoms. The standard InChI is InChI=1S/C24H32N4O5/c1-24(2,3)33-23(32)27-18-7-5-11-28(22(18)31)19(12-15-9-10-15)21(30)26-17(14-25)13-16-6-4-8-20(16)29/h5,7,11,15-17,19H,4,6,8-10,12-13H2,1-3H3,(H,26,30)(H,27,32). The van der Waals surface area contributed by atoms with Crippen molar-refractivity contribution in [3.8, 4) is 6.07 Å². The van der Waals surface area contributed by atoms with E-state index in [1.54, 1.807) is 26.8 Å². The summed E-state index contributed by atoms with van der Waals surface area (Å²) in [5, 5.41) is 14.8. The summed E-state index contributed by atoms with van der Waals surface area (Å²) in [6, 6.07) is 3.51. The molecule has 3 rings (SSSR count). The fourth-order valence-corrected chi connectivity index (χ4v) is 4.11. The lowest BCUT2D eigenvalue weighted by Crippen LogP contribution is -2.43. The number of nitrogens with zero attached hydrogens (tertiary/aromatic N) is 2. The van der Waals surface area contributed by atoms with Crippen molar-refractivity contribution in [1.29, 1.82) is 5.26 Å². The Hall–Kier alpha value is -3.15. The number of rotatable bonds is 8. The average molecular weight is 457 g/mol. The maximum Gasteiger partial charge on any atom is 0.412 e. The summed E-state index contributed by atoms with van der Waals surface area (Å²) in [5.41, 5.74) is -1.24. The van der Waals surface area contributed by atoms with Crippen molar-refractivity contribution in [3.63, 3.8) is 0 Å². The van der Waals surface area contributed by atoms with Gasteiger partial charge in [0.05, 0.1) is 6.07 Å². The van der Waals surface area contributed by atoms with Gasteiger partial charge in [0.25, 0.3) is 5.56 Å². The summed E-state index contributed by atoms with van der Waals surface area (Å²) in [5.74, 6) is -0.181. The van der Waals surface area contributed by atoms with Crippen molar-refractivity contribution < 1.29 is 19.1 Å². The van der Waals surface area contributed by atoms with Gasteiger partial charge in [0.2, 0.25) is 5.91 Å². The molecule has 1 aromatic heterocycles. The van der Waals surface area contributed by atoms with E-state index in [0.29, 0.717) is 18.8 Å². The molecule has 0 spiro atoms. The number of nitriles is 1. The first-order valence-corrected chi connectivity index (χ1v) is 11.5. The molecule has 0 aromatic carbocycles. The van der Waals surface area contributed by atoms with Crippen LogP contribution in [0.5, 0.6) is 0 Å². The molecule has 2 fully saturated rings. The second kappa shape index (κ2) is 10.2. The highest BCUT2D eigenvalue weighted by atomic mass is 16.6. The van der Waals surface area contributed by atoms with E-state index < -0.39 is 35.2 Å². The van der Waals surface area contributed by atoms with Gasteiger partial charge < -0.3 is 14.6 Å². The van der Waals surface area contributed by atoms with E-state index >= 15 is 0 Å². The Balaban J connectivity index is 1.77. The fourth-order valence-electron chi connectivity index (χ4n) is 4.11. The summed E-state index contributed by atoms with van der Waals surface area (Å²) in [7, 11) is 0. The van der Waals surface area contributed by atoms with E-state index in [1.165, 1.54) is 16.8 Å². The van der Waals surface area contributed by atoms with Crippen LogP contribution in [-0.4, -0.2) is 34.0 Å². The van der Waals surface area contributed by atoms with Crippen LogP contribution in [0.2, 0.25) is 0 Å². The van der Waals surface area contributed by atoms with Crippen molar-refractivity contribution in [2.45, 2.75) is 83.4 Å². The Morgan fingerprint density at radius 2 is 1.97 bits per heavy atom. The minimum Gasteiger partial charge on any atom is -0.444 e. The van der Waals surface area contributed by atoms with Crippen LogP contribution < -0.4 is 16.2 Å². The zero-order valence-corrected chi connectivity index (χ0v) is 19.4. The summed E-state index contributed by atoms with van der Waals surface area (Å²) in [6.07, 6.45) is 5.52. The van der Waals surface area contributed by atoms with E-state index in [4.69, 9.17) is 4.74 Å². The highest BCUT2D eigenvalue weighted by Gasteiger charge is 2.34. The Morgan fingerprint density at radius 1 is 1.24 bits per heavy atom. The van der Waals surface area contributed by atoms with Gasteiger partial charge in [-0.05, 0) is 64.5 Å². The van der Waals surface area contributed by atoms with Crippen LogP contribution in [0.3, 0.4) is 0 Å². The molecule has 3 atom stereocenters. The SMILES string of the molecule is CC(C)(C)OC(=O)Nc1cccn(C(CC2CC2)C(=O)NC(C#N)CC2CCCC2=O)c1=O. The molecule has 0 bridgehead atoms. The third-order valence-electron chi connectivity index (χ3n) is 5.93. The number of ketones is 1. The normalized spacial score (nSPS) is 19.9. The van der Waals surface area contributed by atoms with Gasteiger partial charge in [0.15, 0.2) is 0 Å². The van der Waals surface area contributed by atoms with Crippen LogP contribution in [0.4, 0.5) is 10.5 Å². The van der Waals surface area contributed by atoms with Gasteiger partial charge in [-0.3, -0.25) is 19.7 Å². The van der Waals surface area contributed by atoms with Gasteiger partial charge in [-0.15, -0.1) is 0 Å². The third kappa shape index (κ3) is 6.91. The summed E-state index contributed by atoms with van der Waals surface area (Å²) >= 11 is 0. The molecule has 1 aromatic rings. The molecule has 2 aliphatic carbocycles. The minimum absolute atomic E-state index is 0.00809. The topological polar surface area (TPSA) is 130 Å². The number of ether oxygens (including phenoxy) is 1. The molecule has 3 unspecified atom stereocenters. The first-order chi connectivity index (χ1) is 15.6. The van der Waals surface area contributed by atoms with E-state index in [1.807, 2.05) is 0 Å². The number of carbonyl (C=O) groups excluding carboxylic acids is 3. The molecule has 0 radical (unpaired) electrons. The maximum absolute atomic E-state index is 13.2. The number of nitrogens with one attached hydrogen (secondary N) is 2. The van der Waals surface area contributed by atoms with Crippen LogP contribution in [0.25, 0.3) is 0 Å². The van der Waals surface area contributed by atoms with E-state index in [-0.39, 0.29) is 23.8 Å². The highest BCUT2D eigenvalue weighted by Crippen LogP contribution is 2.37. The lowest BCUT2D eigenvalue weighted by molar-refractivity contribution is -0.126. The number of hydrogen-bond donors (Lipinski definition) is 2. The second-order valence-corrected chi connectivity index (χ2v) is 9.94. The van der Waals surface area contributed by atoms with Crippen LogP contribution in [0, 0.1) is 23.2 Å². The number of carbonyl (C=O) groups is 3. The van der Waals surface area contributed by atoms with Gasteiger partial charge in [-0.1, -0.05) is 12.8 Å². The van der Waals surface area contributed by atoms with Crippen LogP contribution >= 0.6 is 0 Å². The molecule has 2 aliphatic rings. The Labute approximate surface area is 193 Å². The molecular weight excluding hydrogens is 424 g/mol. The Kier molecular flexibility index (Phi) is 7.57. The fraction of sp³-hybridized carbons (Fsp3) is 0.625. The monoisotopic (exact) mass is 456 g/mol. The predicted molar refractivity (Wildman–Crippen MR) is 121 cm³/mol. The molecule has 9 heteroatoms. The van der Waals surface area contributed by atoms with Gasteiger partial charge in [0, 0.05) is 18.5 Å². The first-order valence-electron chi connectivity index (χ1n) is 11.5. The summed E-state index contributed by atoms with van der Waals surface area (Å²) < 4.78 is 6.52. The first kappa shape index (κ1) is 24.5. The number of aromatic nitrogens is 1. The molecule has 0 saturated heterocycles. The Morgan fingerprint density at radius 3 is 2.55 bits per heavy atom. The largest absolute Gasteiger partial charge is 0.444 e. The summed E-state index contributed by atoms with van der Waals surface area (Å²) in [4.78, 5) is 50.4. The molecular formula is C24H32N4O5. The van der Waals surface area contributed by atoms with E-state index in [0.717, 1.165) is 25.7 Å². The number of amides is 2. The minimum atomic E-state index is -0.819. The van der Waals surface area contributed by atoms with Crippen LogP contribution in [0.1, 0.15) is 71.8 Å². The molecule has 2 N–H and O–H groups in total. The van der Waals surface area contributed by atoms with Crippen molar-refractivity contribution in [2.24, 2.45) is 11.8 Å². The van der Waals surface area contributed by atoms with Crippen molar-refractivity contribution in [1.82, 2.24) is 9.88 Å². The molecule has 0 aliphatic heterocycles. The number of hydrogen-bond acceptors (Lipinski definition) is 6. The highest BCUT2D eigenvalue weighted by molar-refractivity contribution is 5.85. The van der Waals surface area contributed by atoms with E-state index in [2.05, 4.69) is 16.7 Å². The predicted octanol–water partition coefficient (Wildman–Crippen LogP) is 3.30. The number of Topliss-reactive ketones (excluding diaryl/α,β-unsaturated/α-hetero) is 1. The van der Waals surface area contributed by atoms with Crippen molar-refractivity contribution in [3.05, 3.63) is 28.7 Å². The molecule has 2 amide bonds. The molecule has 178 valence electrons. The lowest BCUT2D eigenvalue weighted by atomic mass is 9.97. The van der Waals surface area contributed by atoms with Crippen molar-refractivity contribution >= 4 is 23.5 Å². The average Bonchev–Trinajstić information content (AvgIpc) is 3.46. The van der Waals surface area contributed by atoms with E-state index in [9.17, 15) is 24.4 Å². The van der Waals surface area contributed by atoms with Gasteiger partial charge in [-0.2, -0.15) is 5.26 Å². The molecule has 2 saturated carbocycles. The quantitative estimate of drug-likeness (QED) is 0.617. The smallest absolute Gasteiger partial charge is 0.412 e. The van der Waals surface area contributed by atoms with Gasteiger partial charge in [-0.25, -0.2) is 4.79 Å². The van der Waals surface area contributed by atoms with Crippen molar-refractivity contribution in [2.75, 3.05) is 5.32 Å². The third-order valence-corrected chi connectivity index (χ3v) is 5.93. The summed E-state index contributed by atoms with van der Waals surface area (Å²) in [6.45, 7) is 5.16.